The van der Waals surface area contributed by atoms with Crippen molar-refractivity contribution in [1.82, 2.24) is 0 Å². The van der Waals surface area contributed by atoms with Crippen LogP contribution < -0.4 is 9.47 Å². The van der Waals surface area contributed by atoms with Gasteiger partial charge in [0.15, 0.2) is 17.2 Å². The zero-order valence-electron chi connectivity index (χ0n) is 17.1. The first-order valence-electron chi connectivity index (χ1n) is 9.67. The number of carbonyl (C=O) groups excluding carboxylic acids is 1. The Hall–Kier alpha value is -3.38. The molecule has 3 aromatic rings. The van der Waals surface area contributed by atoms with Crippen LogP contribution in [-0.2, 0) is 16.1 Å². The number of hydrogen-bond donors (Lipinski definition) is 0. The smallest absolute Gasteiger partial charge is 0.363 e. The van der Waals surface area contributed by atoms with E-state index in [2.05, 4.69) is 27.0 Å². The molecule has 3 aromatic carbocycles. The van der Waals surface area contributed by atoms with E-state index in [1.54, 1.807) is 19.3 Å². The van der Waals surface area contributed by atoms with E-state index in [0.717, 1.165) is 21.2 Å². The van der Waals surface area contributed by atoms with Crippen LogP contribution in [0.2, 0.25) is 0 Å². The fourth-order valence-corrected chi connectivity index (χ4v) is 3.57. The van der Waals surface area contributed by atoms with Crippen LogP contribution in [0.15, 0.2) is 81.9 Å². The summed E-state index contributed by atoms with van der Waals surface area (Å²) in [4.78, 5) is 16.6. The van der Waals surface area contributed by atoms with E-state index >= 15 is 0 Å². The second kappa shape index (κ2) is 9.18. The lowest BCUT2D eigenvalue weighted by Gasteiger charge is -2.12. The molecule has 0 radical (unpaired) electrons. The lowest BCUT2D eigenvalue weighted by atomic mass is 10.1. The maximum absolute atomic E-state index is 12.3. The van der Waals surface area contributed by atoms with Crippen molar-refractivity contribution in [3.63, 3.8) is 0 Å². The highest BCUT2D eigenvalue weighted by Gasteiger charge is 2.24. The normalized spacial score (nSPS) is 14.4. The predicted molar refractivity (Wildman–Crippen MR) is 123 cm³/mol. The van der Waals surface area contributed by atoms with E-state index in [4.69, 9.17) is 14.2 Å². The third kappa shape index (κ3) is 5.03. The zero-order chi connectivity index (χ0) is 21.8. The Labute approximate surface area is 189 Å². The highest BCUT2D eigenvalue weighted by Crippen LogP contribution is 2.30. The highest BCUT2D eigenvalue weighted by atomic mass is 79.9. The monoisotopic (exact) mass is 477 g/mol. The standard InChI is InChI=1S/C25H20BrNO4/c1-16-5-3-6-18(11-16)15-30-22-10-9-17(13-23(22)29-2)12-21-25(28)31-24(27-21)19-7-4-8-20(26)14-19/h3-14H,15H2,1-2H3/b21-12+. The lowest BCUT2D eigenvalue weighted by Crippen LogP contribution is -2.05. The Kier molecular flexibility index (Phi) is 6.18. The minimum Gasteiger partial charge on any atom is -0.493 e. The van der Waals surface area contributed by atoms with Gasteiger partial charge in [-0.3, -0.25) is 0 Å². The molecule has 156 valence electrons. The van der Waals surface area contributed by atoms with Gasteiger partial charge in [0, 0.05) is 10.0 Å². The predicted octanol–water partition coefficient (Wildman–Crippen LogP) is 5.69. The summed E-state index contributed by atoms with van der Waals surface area (Å²) in [6.07, 6.45) is 1.67. The van der Waals surface area contributed by atoms with Crippen LogP contribution in [0.1, 0.15) is 22.3 Å². The summed E-state index contributed by atoms with van der Waals surface area (Å²) >= 11 is 3.41. The van der Waals surface area contributed by atoms with Gasteiger partial charge in [0.25, 0.3) is 0 Å². The molecule has 0 spiro atoms. The molecule has 0 amide bonds. The Morgan fingerprint density at radius 3 is 2.65 bits per heavy atom. The number of aryl methyl sites for hydroxylation is 1. The van der Waals surface area contributed by atoms with Crippen LogP contribution in [0.25, 0.3) is 6.08 Å². The summed E-state index contributed by atoms with van der Waals surface area (Å²) in [7, 11) is 1.58. The van der Waals surface area contributed by atoms with Gasteiger partial charge in [-0.1, -0.05) is 57.9 Å². The van der Waals surface area contributed by atoms with Crippen molar-refractivity contribution in [2.75, 3.05) is 7.11 Å². The van der Waals surface area contributed by atoms with Gasteiger partial charge >= 0.3 is 5.97 Å². The van der Waals surface area contributed by atoms with Crippen LogP contribution >= 0.6 is 15.9 Å². The second-order valence-electron chi connectivity index (χ2n) is 7.03. The number of rotatable bonds is 6. The molecule has 0 unspecified atom stereocenters. The van der Waals surface area contributed by atoms with Crippen molar-refractivity contribution < 1.29 is 19.0 Å². The molecule has 0 aromatic heterocycles. The average Bonchev–Trinajstić information content (AvgIpc) is 3.13. The number of carbonyl (C=O) groups is 1. The molecule has 0 saturated heterocycles. The Morgan fingerprint density at radius 2 is 1.87 bits per heavy atom. The lowest BCUT2D eigenvalue weighted by molar-refractivity contribution is -0.129. The first-order chi connectivity index (χ1) is 15.0. The van der Waals surface area contributed by atoms with Crippen LogP contribution in [0.5, 0.6) is 11.5 Å². The first kappa shape index (κ1) is 20.9. The quantitative estimate of drug-likeness (QED) is 0.338. The fraction of sp³-hybridized carbons (Fsp3) is 0.120. The van der Waals surface area contributed by atoms with Crippen LogP contribution in [0, 0.1) is 6.92 Å². The van der Waals surface area contributed by atoms with Gasteiger partial charge in [0.1, 0.15) is 6.61 Å². The van der Waals surface area contributed by atoms with Gasteiger partial charge in [0.2, 0.25) is 5.90 Å². The summed E-state index contributed by atoms with van der Waals surface area (Å²) in [5, 5.41) is 0. The number of benzene rings is 3. The third-order valence-electron chi connectivity index (χ3n) is 4.66. The Balaban J connectivity index is 1.54. The number of hydrogen-bond acceptors (Lipinski definition) is 5. The van der Waals surface area contributed by atoms with Gasteiger partial charge in [0.05, 0.1) is 7.11 Å². The van der Waals surface area contributed by atoms with E-state index in [9.17, 15) is 4.79 Å². The minimum atomic E-state index is -0.492. The number of nitrogens with zero attached hydrogens (tertiary/aromatic N) is 1. The molecule has 0 N–H and O–H groups in total. The Morgan fingerprint density at radius 1 is 1.03 bits per heavy atom. The maximum atomic E-state index is 12.3. The fourth-order valence-electron chi connectivity index (χ4n) is 3.17. The highest BCUT2D eigenvalue weighted by molar-refractivity contribution is 9.10. The van der Waals surface area contributed by atoms with Crippen molar-refractivity contribution in [3.05, 3.63) is 99.2 Å². The molecule has 31 heavy (non-hydrogen) atoms. The van der Waals surface area contributed by atoms with E-state index in [-0.39, 0.29) is 11.6 Å². The largest absolute Gasteiger partial charge is 0.493 e. The van der Waals surface area contributed by atoms with Gasteiger partial charge in [-0.25, -0.2) is 9.79 Å². The number of ether oxygens (including phenoxy) is 3. The van der Waals surface area contributed by atoms with E-state index in [1.165, 1.54) is 5.56 Å². The molecule has 0 bridgehead atoms. The molecular formula is C25H20BrNO4. The van der Waals surface area contributed by atoms with Gasteiger partial charge in [-0.15, -0.1) is 0 Å². The summed E-state index contributed by atoms with van der Waals surface area (Å²) in [6.45, 7) is 2.48. The molecule has 0 fully saturated rings. The number of methoxy groups -OCH3 is 1. The SMILES string of the molecule is COc1cc(/C=C2/N=C(c3cccc(Br)c3)OC2=O)ccc1OCc1cccc(C)c1. The third-order valence-corrected chi connectivity index (χ3v) is 5.15. The molecule has 1 heterocycles. The molecule has 0 aliphatic carbocycles. The molecule has 4 rings (SSSR count). The van der Waals surface area contributed by atoms with E-state index in [1.807, 2.05) is 61.5 Å². The zero-order valence-corrected chi connectivity index (χ0v) is 18.7. The number of halogens is 1. The van der Waals surface area contributed by atoms with Gasteiger partial charge in [-0.2, -0.15) is 0 Å². The average molecular weight is 478 g/mol. The number of aliphatic imine (C=N–C) groups is 1. The second-order valence-corrected chi connectivity index (χ2v) is 7.95. The van der Waals surface area contributed by atoms with Gasteiger partial charge < -0.3 is 14.2 Å². The van der Waals surface area contributed by atoms with Crippen LogP contribution in [-0.4, -0.2) is 19.0 Å². The molecule has 5 nitrogen and oxygen atoms in total. The van der Waals surface area contributed by atoms with Crippen molar-refractivity contribution >= 4 is 33.9 Å². The molecule has 1 aliphatic heterocycles. The summed E-state index contributed by atoms with van der Waals surface area (Å²) in [6, 6.07) is 21.1. The summed E-state index contributed by atoms with van der Waals surface area (Å²) < 4.78 is 17.6. The van der Waals surface area contributed by atoms with Crippen LogP contribution in [0.4, 0.5) is 0 Å². The van der Waals surface area contributed by atoms with E-state index in [0.29, 0.717) is 18.1 Å². The first-order valence-corrected chi connectivity index (χ1v) is 10.5. The Bertz CT molecular complexity index is 1200. The summed E-state index contributed by atoms with van der Waals surface area (Å²) in [5.41, 5.74) is 3.97. The van der Waals surface area contributed by atoms with Crippen molar-refractivity contribution in [3.8, 4) is 11.5 Å². The molecule has 0 saturated carbocycles. The molecule has 6 heteroatoms. The van der Waals surface area contributed by atoms with Crippen molar-refractivity contribution in [1.29, 1.82) is 0 Å². The molecular weight excluding hydrogens is 458 g/mol. The topological polar surface area (TPSA) is 57.1 Å². The van der Waals surface area contributed by atoms with Crippen molar-refractivity contribution in [2.24, 2.45) is 4.99 Å². The van der Waals surface area contributed by atoms with Crippen LogP contribution in [0.3, 0.4) is 0 Å². The number of esters is 1. The minimum absolute atomic E-state index is 0.227. The summed E-state index contributed by atoms with van der Waals surface area (Å²) in [5.74, 6) is 0.986. The maximum Gasteiger partial charge on any atom is 0.363 e. The van der Waals surface area contributed by atoms with E-state index < -0.39 is 5.97 Å². The molecule has 1 aliphatic rings. The van der Waals surface area contributed by atoms with Gasteiger partial charge in [-0.05, 0) is 54.5 Å². The van der Waals surface area contributed by atoms with Crippen molar-refractivity contribution in [2.45, 2.75) is 13.5 Å². The molecule has 0 atom stereocenters. The number of cyclic esters (lactones) is 1.